The van der Waals surface area contributed by atoms with Gasteiger partial charge in [-0.1, -0.05) is 32.1 Å². The average Bonchev–Trinajstić information content (AvgIpc) is 3.11. The van der Waals surface area contributed by atoms with Crippen LogP contribution in [0.25, 0.3) is 0 Å². The molecule has 0 saturated heterocycles. The van der Waals surface area contributed by atoms with Crippen molar-refractivity contribution in [1.29, 1.82) is 0 Å². The van der Waals surface area contributed by atoms with Gasteiger partial charge in [0.05, 0.1) is 0 Å². The molecule has 0 aromatic heterocycles. The van der Waals surface area contributed by atoms with E-state index in [1.165, 1.54) is 32.1 Å². The molecule has 2 fully saturated rings. The fourth-order valence-electron chi connectivity index (χ4n) is 2.87. The van der Waals surface area contributed by atoms with Crippen molar-refractivity contribution in [3.63, 3.8) is 0 Å². The maximum Gasteiger partial charge on any atom is 0.329 e. The third-order valence-corrected chi connectivity index (χ3v) is 4.28. The Kier molecular flexibility index (Phi) is 4.25. The summed E-state index contributed by atoms with van der Waals surface area (Å²) in [5.41, 5.74) is -0.915. The molecule has 2 rings (SSSR count). The van der Waals surface area contributed by atoms with E-state index in [4.69, 9.17) is 5.11 Å². The van der Waals surface area contributed by atoms with Crippen LogP contribution in [-0.2, 0) is 9.59 Å². The smallest absolute Gasteiger partial charge is 0.329 e. The summed E-state index contributed by atoms with van der Waals surface area (Å²) in [6.45, 7) is 0. The van der Waals surface area contributed by atoms with Crippen molar-refractivity contribution < 1.29 is 14.7 Å². The number of amides is 1. The minimum Gasteiger partial charge on any atom is -0.480 e. The maximum atomic E-state index is 11.7. The molecule has 0 unspecified atom stereocenters. The van der Waals surface area contributed by atoms with Gasteiger partial charge in [0, 0.05) is 6.42 Å². The van der Waals surface area contributed by atoms with E-state index in [0.29, 0.717) is 19.3 Å². The number of carboxylic acids is 1. The topological polar surface area (TPSA) is 66.4 Å². The maximum absolute atomic E-state index is 11.7. The Bertz CT molecular complexity index is 317. The van der Waals surface area contributed by atoms with Gasteiger partial charge in [-0.2, -0.15) is 0 Å². The average molecular weight is 253 g/mol. The highest BCUT2D eigenvalue weighted by Gasteiger charge is 2.51. The first kappa shape index (κ1) is 13.4. The van der Waals surface area contributed by atoms with Crippen LogP contribution in [0.3, 0.4) is 0 Å². The van der Waals surface area contributed by atoms with Crippen LogP contribution < -0.4 is 5.32 Å². The van der Waals surface area contributed by atoms with Crippen molar-refractivity contribution in [3.05, 3.63) is 0 Å². The van der Waals surface area contributed by atoms with E-state index in [2.05, 4.69) is 5.32 Å². The summed E-state index contributed by atoms with van der Waals surface area (Å²) >= 11 is 0. The van der Waals surface area contributed by atoms with Gasteiger partial charge in [0.1, 0.15) is 5.54 Å². The summed E-state index contributed by atoms with van der Waals surface area (Å²) in [5, 5.41) is 11.6. The molecule has 0 radical (unpaired) electrons. The molecule has 0 heterocycles. The van der Waals surface area contributed by atoms with Crippen molar-refractivity contribution in [2.45, 2.75) is 69.7 Å². The molecule has 4 heteroatoms. The molecule has 0 bridgehead atoms. The number of aliphatic carboxylic acids is 1. The molecule has 2 N–H and O–H groups in total. The van der Waals surface area contributed by atoms with Crippen LogP contribution >= 0.6 is 0 Å². The predicted molar refractivity (Wildman–Crippen MR) is 68.2 cm³/mol. The van der Waals surface area contributed by atoms with E-state index in [0.717, 1.165) is 18.8 Å². The van der Waals surface area contributed by atoms with E-state index < -0.39 is 11.5 Å². The number of rotatable bonds is 6. The van der Waals surface area contributed by atoms with E-state index in [-0.39, 0.29) is 5.91 Å². The second-order valence-corrected chi connectivity index (χ2v) is 5.83. The minimum absolute atomic E-state index is 0.0919. The second kappa shape index (κ2) is 5.72. The molecule has 102 valence electrons. The molecule has 1 amide bonds. The summed E-state index contributed by atoms with van der Waals surface area (Å²) in [7, 11) is 0. The van der Waals surface area contributed by atoms with Crippen LogP contribution in [0.15, 0.2) is 0 Å². The number of carbonyl (C=O) groups is 2. The van der Waals surface area contributed by atoms with Gasteiger partial charge in [0.15, 0.2) is 0 Å². The van der Waals surface area contributed by atoms with Gasteiger partial charge in [-0.3, -0.25) is 4.79 Å². The van der Waals surface area contributed by atoms with Gasteiger partial charge in [-0.15, -0.1) is 0 Å². The number of hydrogen-bond acceptors (Lipinski definition) is 2. The number of nitrogens with one attached hydrogen (secondary N) is 1. The van der Waals surface area contributed by atoms with Crippen LogP contribution in [0, 0.1) is 5.92 Å². The van der Waals surface area contributed by atoms with Crippen molar-refractivity contribution >= 4 is 11.9 Å². The summed E-state index contributed by atoms with van der Waals surface area (Å²) in [5.74, 6) is -0.185. The molecule has 2 saturated carbocycles. The molecule has 0 aliphatic heterocycles. The van der Waals surface area contributed by atoms with Gasteiger partial charge in [0.25, 0.3) is 0 Å². The zero-order valence-corrected chi connectivity index (χ0v) is 10.9. The third kappa shape index (κ3) is 3.47. The lowest BCUT2D eigenvalue weighted by molar-refractivity contribution is -0.143. The largest absolute Gasteiger partial charge is 0.480 e. The van der Waals surface area contributed by atoms with E-state index in [1.54, 1.807) is 0 Å². The summed E-state index contributed by atoms with van der Waals surface area (Å²) in [4.78, 5) is 22.6. The quantitative estimate of drug-likeness (QED) is 0.764. The second-order valence-electron chi connectivity index (χ2n) is 5.83. The lowest BCUT2D eigenvalue weighted by Crippen LogP contribution is -2.42. The Morgan fingerprint density at radius 1 is 1.17 bits per heavy atom. The Balaban J connectivity index is 1.61. The molecule has 4 nitrogen and oxygen atoms in total. The molecule has 18 heavy (non-hydrogen) atoms. The summed E-state index contributed by atoms with van der Waals surface area (Å²) < 4.78 is 0. The van der Waals surface area contributed by atoms with Crippen LogP contribution in [0.2, 0.25) is 0 Å². The summed E-state index contributed by atoms with van der Waals surface area (Å²) in [6, 6.07) is 0. The van der Waals surface area contributed by atoms with Gasteiger partial charge in [-0.05, 0) is 31.6 Å². The van der Waals surface area contributed by atoms with Crippen molar-refractivity contribution in [2.75, 3.05) is 0 Å². The lowest BCUT2D eigenvalue weighted by Gasteiger charge is -2.21. The fraction of sp³-hybridized carbons (Fsp3) is 0.857. The molecule has 2 aliphatic carbocycles. The van der Waals surface area contributed by atoms with Crippen molar-refractivity contribution in [3.8, 4) is 0 Å². The van der Waals surface area contributed by atoms with Crippen LogP contribution in [0.1, 0.15) is 64.2 Å². The molecule has 2 aliphatic rings. The highest BCUT2D eigenvalue weighted by atomic mass is 16.4. The molecular formula is C14H23NO3. The van der Waals surface area contributed by atoms with Gasteiger partial charge < -0.3 is 10.4 Å². The van der Waals surface area contributed by atoms with Crippen LogP contribution in [0.5, 0.6) is 0 Å². The summed E-state index contributed by atoms with van der Waals surface area (Å²) in [6.07, 6.45) is 10.3. The predicted octanol–water partition coefficient (Wildman–Crippen LogP) is 2.47. The first-order chi connectivity index (χ1) is 8.62. The van der Waals surface area contributed by atoms with Gasteiger partial charge in [-0.25, -0.2) is 4.79 Å². The zero-order chi connectivity index (χ0) is 13.0. The SMILES string of the molecule is O=C(CCCC1CCCCC1)NC1(C(=O)O)CC1. The van der Waals surface area contributed by atoms with Gasteiger partial charge >= 0.3 is 5.97 Å². The van der Waals surface area contributed by atoms with E-state index in [1.807, 2.05) is 0 Å². The minimum atomic E-state index is -0.915. The van der Waals surface area contributed by atoms with E-state index in [9.17, 15) is 9.59 Å². The first-order valence-electron chi connectivity index (χ1n) is 7.17. The standard InChI is InChI=1S/C14H23NO3/c16-12(15-14(9-10-14)13(17)18)8-4-7-11-5-2-1-3-6-11/h11H,1-10H2,(H,15,16)(H,17,18). The number of carbonyl (C=O) groups excluding carboxylic acids is 1. The van der Waals surface area contributed by atoms with Crippen LogP contribution in [0.4, 0.5) is 0 Å². The Hall–Kier alpha value is -1.06. The highest BCUT2D eigenvalue weighted by molar-refractivity contribution is 5.89. The van der Waals surface area contributed by atoms with Crippen LogP contribution in [-0.4, -0.2) is 22.5 Å². The number of hydrogen-bond donors (Lipinski definition) is 2. The Labute approximate surface area is 108 Å². The molecule has 0 aromatic carbocycles. The molecular weight excluding hydrogens is 230 g/mol. The molecule has 0 aromatic rings. The third-order valence-electron chi connectivity index (χ3n) is 4.28. The van der Waals surface area contributed by atoms with Crippen molar-refractivity contribution in [2.24, 2.45) is 5.92 Å². The highest BCUT2D eigenvalue weighted by Crippen LogP contribution is 2.35. The normalized spacial score (nSPS) is 22.4. The van der Waals surface area contributed by atoms with Gasteiger partial charge in [0.2, 0.25) is 5.91 Å². The molecule has 0 atom stereocenters. The van der Waals surface area contributed by atoms with Crippen molar-refractivity contribution in [1.82, 2.24) is 5.32 Å². The molecule has 0 spiro atoms. The lowest BCUT2D eigenvalue weighted by atomic mass is 9.86. The monoisotopic (exact) mass is 253 g/mol. The van der Waals surface area contributed by atoms with E-state index >= 15 is 0 Å². The Morgan fingerprint density at radius 2 is 1.83 bits per heavy atom. The fourth-order valence-corrected chi connectivity index (χ4v) is 2.87. The Morgan fingerprint density at radius 3 is 2.39 bits per heavy atom. The zero-order valence-electron chi connectivity index (χ0n) is 10.9. The first-order valence-corrected chi connectivity index (χ1v) is 7.17. The number of carboxylic acid groups (broad SMARTS) is 1.